The summed E-state index contributed by atoms with van der Waals surface area (Å²) in [6.07, 6.45) is 1.22. The number of hydrogen-bond donors (Lipinski definition) is 0. The highest BCUT2D eigenvalue weighted by atomic mass is 16.5. The summed E-state index contributed by atoms with van der Waals surface area (Å²) >= 11 is 0. The monoisotopic (exact) mass is 539 g/mol. The zero-order chi connectivity index (χ0) is 28.8. The topological polar surface area (TPSA) is 103 Å². The summed E-state index contributed by atoms with van der Waals surface area (Å²) in [7, 11) is 0. The Bertz CT molecular complexity index is 1710. The molecule has 2 heterocycles. The average molecular weight is 540 g/mol. The number of fused-ring (bicyclic) bond motifs is 2. The van der Waals surface area contributed by atoms with E-state index in [9.17, 15) is 19.2 Å². The smallest absolute Gasteiger partial charge is 0.343 e. The Morgan fingerprint density at radius 1 is 0.875 bits per heavy atom. The van der Waals surface area contributed by atoms with Crippen molar-refractivity contribution in [1.82, 2.24) is 4.90 Å². The molecule has 1 aliphatic rings. The lowest BCUT2D eigenvalue weighted by molar-refractivity contribution is 0.0635. The number of benzene rings is 3. The van der Waals surface area contributed by atoms with Gasteiger partial charge < -0.3 is 13.9 Å². The van der Waals surface area contributed by atoms with E-state index in [4.69, 9.17) is 13.9 Å². The molecule has 0 radical (unpaired) electrons. The van der Waals surface area contributed by atoms with Crippen LogP contribution in [-0.2, 0) is 5.41 Å². The second kappa shape index (κ2) is 10.1. The van der Waals surface area contributed by atoms with Gasteiger partial charge in [-0.2, -0.15) is 0 Å². The van der Waals surface area contributed by atoms with E-state index in [1.807, 2.05) is 26.0 Å². The third kappa shape index (κ3) is 5.12. The van der Waals surface area contributed by atoms with E-state index >= 15 is 0 Å². The van der Waals surface area contributed by atoms with Crippen LogP contribution in [0.25, 0.3) is 11.0 Å². The molecule has 8 heteroatoms. The van der Waals surface area contributed by atoms with Gasteiger partial charge in [0.1, 0.15) is 23.3 Å². The highest BCUT2D eigenvalue weighted by molar-refractivity contribution is 6.22. The first kappa shape index (κ1) is 26.9. The Hall–Kier alpha value is -4.72. The van der Waals surface area contributed by atoms with Crippen molar-refractivity contribution in [2.45, 2.75) is 40.0 Å². The highest BCUT2D eigenvalue weighted by Crippen LogP contribution is 2.29. The van der Waals surface area contributed by atoms with Crippen LogP contribution in [0.4, 0.5) is 0 Å². The summed E-state index contributed by atoms with van der Waals surface area (Å²) in [5.41, 5.74) is 1.53. The van der Waals surface area contributed by atoms with Crippen LogP contribution in [0.5, 0.6) is 17.2 Å². The van der Waals surface area contributed by atoms with Crippen molar-refractivity contribution in [3.8, 4) is 17.2 Å². The summed E-state index contributed by atoms with van der Waals surface area (Å²) in [5.74, 6) is -0.719. The molecule has 0 fully saturated rings. The molecule has 1 aromatic heterocycles. The number of rotatable bonds is 6. The Balaban J connectivity index is 1.33. The van der Waals surface area contributed by atoms with Gasteiger partial charge in [-0.25, -0.2) is 4.79 Å². The fourth-order valence-electron chi connectivity index (χ4n) is 4.49. The van der Waals surface area contributed by atoms with Gasteiger partial charge in [0, 0.05) is 12.6 Å². The van der Waals surface area contributed by atoms with Crippen molar-refractivity contribution in [3.63, 3.8) is 0 Å². The van der Waals surface area contributed by atoms with Crippen molar-refractivity contribution >= 4 is 28.8 Å². The van der Waals surface area contributed by atoms with Gasteiger partial charge in [0.25, 0.3) is 11.8 Å². The summed E-state index contributed by atoms with van der Waals surface area (Å²) in [5, 5.41) is 0.260. The standard InChI is InChI=1S/C32H29NO7/c1-18(2)16-33-29(35)23-12-6-19(14-25(23)30(33)36)31(37)40-22-11-13-24-26(15-22)38-17-27(28(24)34)39-21-9-7-20(8-10-21)32(3,4)5/h6-15,17-18H,16H2,1-5H3. The van der Waals surface area contributed by atoms with E-state index < -0.39 is 11.9 Å². The van der Waals surface area contributed by atoms with Gasteiger partial charge in [0.05, 0.1) is 22.1 Å². The number of ether oxygens (including phenoxy) is 2. The zero-order valence-electron chi connectivity index (χ0n) is 22.9. The fourth-order valence-corrected chi connectivity index (χ4v) is 4.49. The number of imide groups is 1. The van der Waals surface area contributed by atoms with E-state index in [0.717, 1.165) is 5.56 Å². The van der Waals surface area contributed by atoms with E-state index in [0.29, 0.717) is 12.3 Å². The van der Waals surface area contributed by atoms with Gasteiger partial charge in [0.15, 0.2) is 0 Å². The van der Waals surface area contributed by atoms with Crippen molar-refractivity contribution in [2.75, 3.05) is 6.54 Å². The largest absolute Gasteiger partial charge is 0.460 e. The van der Waals surface area contributed by atoms with Crippen molar-refractivity contribution in [3.05, 3.63) is 99.4 Å². The summed E-state index contributed by atoms with van der Waals surface area (Å²) < 4.78 is 16.9. The minimum absolute atomic E-state index is 0.00661. The minimum Gasteiger partial charge on any atom is -0.460 e. The quantitative estimate of drug-likeness (QED) is 0.160. The lowest BCUT2D eigenvalue weighted by atomic mass is 9.87. The van der Waals surface area contributed by atoms with Gasteiger partial charge in [-0.1, -0.05) is 46.8 Å². The first-order chi connectivity index (χ1) is 18.9. The van der Waals surface area contributed by atoms with Gasteiger partial charge in [-0.15, -0.1) is 0 Å². The Labute approximate surface area is 231 Å². The molecule has 0 bridgehead atoms. The van der Waals surface area contributed by atoms with Crippen LogP contribution in [0.15, 0.2) is 76.1 Å². The van der Waals surface area contributed by atoms with E-state index in [1.54, 1.807) is 12.1 Å². The molecule has 40 heavy (non-hydrogen) atoms. The maximum absolute atomic E-state index is 13.0. The van der Waals surface area contributed by atoms with Crippen molar-refractivity contribution in [2.24, 2.45) is 5.92 Å². The maximum Gasteiger partial charge on any atom is 0.343 e. The SMILES string of the molecule is CC(C)CN1C(=O)c2ccc(C(=O)Oc3ccc4c(=O)c(Oc5ccc(C(C)(C)C)cc5)coc4c3)cc2C1=O. The number of carbonyl (C=O) groups is 3. The van der Waals surface area contributed by atoms with E-state index in [1.165, 1.54) is 47.6 Å². The molecule has 4 aromatic rings. The van der Waals surface area contributed by atoms with Crippen molar-refractivity contribution < 1.29 is 28.3 Å². The molecule has 1 aliphatic heterocycles. The molecule has 0 saturated carbocycles. The Kier molecular flexibility index (Phi) is 6.79. The first-order valence-electron chi connectivity index (χ1n) is 13.0. The highest BCUT2D eigenvalue weighted by Gasteiger charge is 2.36. The molecule has 2 amide bonds. The zero-order valence-corrected chi connectivity index (χ0v) is 22.9. The number of carbonyl (C=O) groups excluding carboxylic acids is 3. The predicted molar refractivity (Wildman–Crippen MR) is 149 cm³/mol. The molecular formula is C32H29NO7. The van der Waals surface area contributed by atoms with Gasteiger partial charge in [0.2, 0.25) is 11.2 Å². The van der Waals surface area contributed by atoms with Gasteiger partial charge in [-0.05, 0) is 59.4 Å². The molecule has 0 atom stereocenters. The normalized spacial score (nSPS) is 13.2. The Morgan fingerprint density at radius 2 is 1.55 bits per heavy atom. The van der Waals surface area contributed by atoms with Gasteiger partial charge >= 0.3 is 5.97 Å². The molecule has 8 nitrogen and oxygen atoms in total. The van der Waals surface area contributed by atoms with Crippen LogP contribution in [-0.4, -0.2) is 29.2 Å². The minimum atomic E-state index is -0.717. The molecule has 0 unspecified atom stereocenters. The molecular weight excluding hydrogens is 510 g/mol. The average Bonchev–Trinajstić information content (AvgIpc) is 3.14. The van der Waals surface area contributed by atoms with Crippen LogP contribution in [0.2, 0.25) is 0 Å². The number of esters is 1. The first-order valence-corrected chi connectivity index (χ1v) is 13.0. The van der Waals surface area contributed by atoms with E-state index in [2.05, 4.69) is 20.8 Å². The molecule has 0 saturated heterocycles. The van der Waals surface area contributed by atoms with Crippen LogP contribution in [0.3, 0.4) is 0 Å². The maximum atomic E-state index is 13.0. The van der Waals surface area contributed by atoms with Crippen LogP contribution in [0.1, 0.15) is 71.3 Å². The molecule has 0 aliphatic carbocycles. The third-order valence-electron chi connectivity index (χ3n) is 6.63. The predicted octanol–water partition coefficient (Wildman–Crippen LogP) is 6.35. The molecule has 0 spiro atoms. The molecule has 3 aromatic carbocycles. The third-order valence-corrected chi connectivity index (χ3v) is 6.63. The van der Waals surface area contributed by atoms with Gasteiger partial charge in [-0.3, -0.25) is 19.3 Å². The lowest BCUT2D eigenvalue weighted by Crippen LogP contribution is -2.33. The molecule has 5 rings (SSSR count). The lowest BCUT2D eigenvalue weighted by Gasteiger charge is -2.19. The second-order valence-electron chi connectivity index (χ2n) is 11.2. The second-order valence-corrected chi connectivity index (χ2v) is 11.2. The van der Waals surface area contributed by atoms with Crippen LogP contribution in [0, 0.1) is 5.92 Å². The number of hydrogen-bond acceptors (Lipinski definition) is 7. The van der Waals surface area contributed by atoms with Crippen molar-refractivity contribution in [1.29, 1.82) is 0 Å². The number of nitrogens with zero attached hydrogens (tertiary/aromatic N) is 1. The van der Waals surface area contributed by atoms with Crippen LogP contribution < -0.4 is 14.9 Å². The summed E-state index contributed by atoms with van der Waals surface area (Å²) in [6, 6.07) is 16.2. The summed E-state index contributed by atoms with van der Waals surface area (Å²) in [6.45, 7) is 10.5. The molecule has 0 N–H and O–H groups in total. The Morgan fingerprint density at radius 3 is 2.23 bits per heavy atom. The van der Waals surface area contributed by atoms with E-state index in [-0.39, 0.29) is 61.8 Å². The molecule has 204 valence electrons. The fraction of sp³-hybridized carbons (Fsp3) is 0.250. The summed E-state index contributed by atoms with van der Waals surface area (Å²) in [4.78, 5) is 52.4. The number of amides is 2. The van der Waals surface area contributed by atoms with Crippen LogP contribution >= 0.6 is 0 Å².